The van der Waals surface area contributed by atoms with Crippen LogP contribution >= 0.6 is 0 Å². The van der Waals surface area contributed by atoms with Gasteiger partial charge in [-0.25, -0.2) is 4.39 Å². The Morgan fingerprint density at radius 1 is 1.24 bits per heavy atom. The van der Waals surface area contributed by atoms with Crippen molar-refractivity contribution in [2.45, 2.75) is 32.3 Å². The van der Waals surface area contributed by atoms with E-state index in [-0.39, 0.29) is 11.2 Å². The molecular weight excluding hydrogens is 267 g/mol. The molecular formula is C18H19FO2. The van der Waals surface area contributed by atoms with Crippen molar-refractivity contribution in [3.8, 4) is 5.75 Å². The van der Waals surface area contributed by atoms with E-state index in [2.05, 4.69) is 13.8 Å². The SMILES string of the molecule is Cc1cccc(C(O)c2ccc3c(c2)C(C)(C)CO3)c1F. The van der Waals surface area contributed by atoms with Gasteiger partial charge in [-0.1, -0.05) is 38.1 Å². The number of hydrogen-bond donors (Lipinski definition) is 1. The maximum atomic E-state index is 14.2. The number of rotatable bonds is 2. The molecule has 3 rings (SSSR count). The highest BCUT2D eigenvalue weighted by Gasteiger charge is 2.32. The summed E-state index contributed by atoms with van der Waals surface area (Å²) in [6.07, 6.45) is -0.966. The Bertz CT molecular complexity index is 692. The van der Waals surface area contributed by atoms with Crippen molar-refractivity contribution in [2.75, 3.05) is 6.61 Å². The number of hydrogen-bond acceptors (Lipinski definition) is 2. The summed E-state index contributed by atoms with van der Waals surface area (Å²) in [5, 5.41) is 10.5. The van der Waals surface area contributed by atoms with E-state index in [0.717, 1.165) is 11.3 Å². The molecule has 2 nitrogen and oxygen atoms in total. The van der Waals surface area contributed by atoms with Crippen LogP contribution < -0.4 is 4.74 Å². The van der Waals surface area contributed by atoms with E-state index in [9.17, 15) is 9.50 Å². The molecule has 1 N–H and O–H groups in total. The molecule has 1 unspecified atom stereocenters. The molecule has 110 valence electrons. The topological polar surface area (TPSA) is 29.5 Å². The number of halogens is 1. The van der Waals surface area contributed by atoms with E-state index in [1.54, 1.807) is 31.2 Å². The molecule has 2 aromatic rings. The van der Waals surface area contributed by atoms with E-state index in [4.69, 9.17) is 4.74 Å². The lowest BCUT2D eigenvalue weighted by molar-refractivity contribution is 0.214. The first-order valence-electron chi connectivity index (χ1n) is 7.10. The first kappa shape index (κ1) is 14.1. The lowest BCUT2D eigenvalue weighted by Gasteiger charge is -2.18. The molecule has 3 heteroatoms. The molecule has 0 aliphatic carbocycles. The van der Waals surface area contributed by atoms with Crippen LogP contribution in [0.15, 0.2) is 36.4 Å². The van der Waals surface area contributed by atoms with Crippen molar-refractivity contribution >= 4 is 0 Å². The second-order valence-electron chi connectivity index (χ2n) is 6.31. The summed E-state index contributed by atoms with van der Waals surface area (Å²) in [6.45, 7) is 6.52. The van der Waals surface area contributed by atoms with Gasteiger partial charge < -0.3 is 9.84 Å². The van der Waals surface area contributed by atoms with Gasteiger partial charge in [-0.05, 0) is 30.2 Å². The van der Waals surface area contributed by atoms with Crippen LogP contribution in [0.3, 0.4) is 0 Å². The summed E-state index contributed by atoms with van der Waals surface area (Å²) in [4.78, 5) is 0. The molecule has 0 bridgehead atoms. The maximum Gasteiger partial charge on any atom is 0.132 e. The maximum absolute atomic E-state index is 14.2. The summed E-state index contributed by atoms with van der Waals surface area (Å²) < 4.78 is 19.8. The zero-order chi connectivity index (χ0) is 15.2. The zero-order valence-electron chi connectivity index (χ0n) is 12.5. The molecule has 1 atom stereocenters. The van der Waals surface area contributed by atoms with Crippen molar-refractivity contribution in [3.05, 3.63) is 64.5 Å². The summed E-state index contributed by atoms with van der Waals surface area (Å²) in [7, 11) is 0. The molecule has 0 saturated carbocycles. The average molecular weight is 286 g/mol. The van der Waals surface area contributed by atoms with Gasteiger partial charge in [0.2, 0.25) is 0 Å². The van der Waals surface area contributed by atoms with Crippen LogP contribution in [0.2, 0.25) is 0 Å². The molecule has 0 saturated heterocycles. The van der Waals surface area contributed by atoms with Gasteiger partial charge in [0.15, 0.2) is 0 Å². The monoisotopic (exact) mass is 286 g/mol. The average Bonchev–Trinajstić information content (AvgIpc) is 2.76. The normalized spacial score (nSPS) is 17.2. The molecule has 0 amide bonds. The van der Waals surface area contributed by atoms with Crippen LogP contribution in [0.1, 0.15) is 42.2 Å². The van der Waals surface area contributed by atoms with E-state index in [1.165, 1.54) is 0 Å². The highest BCUT2D eigenvalue weighted by molar-refractivity contribution is 5.47. The second kappa shape index (κ2) is 4.85. The fraction of sp³-hybridized carbons (Fsp3) is 0.333. The molecule has 1 heterocycles. The van der Waals surface area contributed by atoms with Crippen molar-refractivity contribution in [1.82, 2.24) is 0 Å². The highest BCUT2D eigenvalue weighted by Crippen LogP contribution is 2.40. The van der Waals surface area contributed by atoms with E-state index in [1.807, 2.05) is 12.1 Å². The summed E-state index contributed by atoms with van der Waals surface area (Å²) in [5.74, 6) is 0.502. The third kappa shape index (κ3) is 2.32. The zero-order valence-corrected chi connectivity index (χ0v) is 12.5. The molecule has 0 fully saturated rings. The fourth-order valence-electron chi connectivity index (χ4n) is 2.77. The van der Waals surface area contributed by atoms with E-state index >= 15 is 0 Å². The Labute approximate surface area is 124 Å². The van der Waals surface area contributed by atoms with E-state index in [0.29, 0.717) is 23.3 Å². The van der Waals surface area contributed by atoms with Gasteiger partial charge in [0.05, 0.1) is 6.61 Å². The third-order valence-electron chi connectivity index (χ3n) is 4.15. The number of aryl methyl sites for hydroxylation is 1. The van der Waals surface area contributed by atoms with Gasteiger partial charge >= 0.3 is 0 Å². The Balaban J connectivity index is 2.03. The van der Waals surface area contributed by atoms with Crippen molar-refractivity contribution in [3.63, 3.8) is 0 Å². The van der Waals surface area contributed by atoms with Crippen LogP contribution in [0, 0.1) is 12.7 Å². The van der Waals surface area contributed by atoms with Crippen molar-refractivity contribution < 1.29 is 14.2 Å². The summed E-state index contributed by atoms with van der Waals surface area (Å²) in [6, 6.07) is 10.7. The standard InChI is InChI=1S/C18H19FO2/c1-11-5-4-6-13(16(11)19)17(20)12-7-8-15-14(9-12)18(2,3)10-21-15/h4-9,17,20H,10H2,1-3H3. The minimum absolute atomic E-state index is 0.0871. The summed E-state index contributed by atoms with van der Waals surface area (Å²) in [5.41, 5.74) is 2.52. The molecule has 0 aromatic heterocycles. The quantitative estimate of drug-likeness (QED) is 0.907. The van der Waals surface area contributed by atoms with Crippen LogP contribution in [0.5, 0.6) is 5.75 Å². The smallest absolute Gasteiger partial charge is 0.132 e. The van der Waals surface area contributed by atoms with Crippen LogP contribution in [0.25, 0.3) is 0 Å². The van der Waals surface area contributed by atoms with Crippen LogP contribution in [0.4, 0.5) is 4.39 Å². The predicted octanol–water partition coefficient (Wildman–Crippen LogP) is 3.89. The fourth-order valence-corrected chi connectivity index (χ4v) is 2.77. The Morgan fingerprint density at radius 3 is 2.76 bits per heavy atom. The number of aliphatic hydroxyl groups excluding tert-OH is 1. The molecule has 21 heavy (non-hydrogen) atoms. The molecule has 2 aromatic carbocycles. The minimum Gasteiger partial charge on any atom is -0.492 e. The van der Waals surface area contributed by atoms with Crippen LogP contribution in [-0.2, 0) is 5.41 Å². The first-order valence-corrected chi connectivity index (χ1v) is 7.10. The number of fused-ring (bicyclic) bond motifs is 1. The van der Waals surface area contributed by atoms with Gasteiger partial charge in [-0.15, -0.1) is 0 Å². The van der Waals surface area contributed by atoms with Gasteiger partial charge in [0.1, 0.15) is 17.7 Å². The van der Waals surface area contributed by atoms with Crippen LogP contribution in [-0.4, -0.2) is 11.7 Å². The third-order valence-corrected chi connectivity index (χ3v) is 4.15. The highest BCUT2D eigenvalue weighted by atomic mass is 19.1. The minimum atomic E-state index is -0.966. The van der Waals surface area contributed by atoms with Gasteiger partial charge in [-0.3, -0.25) is 0 Å². The molecule has 0 radical (unpaired) electrons. The number of aliphatic hydroxyl groups is 1. The molecule has 1 aliphatic rings. The predicted molar refractivity (Wildman–Crippen MR) is 80.2 cm³/mol. The van der Waals surface area contributed by atoms with Gasteiger partial charge in [-0.2, -0.15) is 0 Å². The van der Waals surface area contributed by atoms with Gasteiger partial charge in [0.25, 0.3) is 0 Å². The summed E-state index contributed by atoms with van der Waals surface area (Å²) >= 11 is 0. The Kier molecular flexibility index (Phi) is 3.25. The Hall–Kier alpha value is -1.87. The second-order valence-corrected chi connectivity index (χ2v) is 6.31. The van der Waals surface area contributed by atoms with E-state index < -0.39 is 6.10 Å². The Morgan fingerprint density at radius 2 is 2.00 bits per heavy atom. The van der Waals surface area contributed by atoms with Crippen molar-refractivity contribution in [1.29, 1.82) is 0 Å². The lowest BCUT2D eigenvalue weighted by Crippen LogP contribution is -2.18. The van der Waals surface area contributed by atoms with Gasteiger partial charge in [0, 0.05) is 16.5 Å². The number of benzene rings is 2. The lowest BCUT2D eigenvalue weighted by atomic mass is 9.85. The van der Waals surface area contributed by atoms with Crippen molar-refractivity contribution in [2.24, 2.45) is 0 Å². The largest absolute Gasteiger partial charge is 0.492 e. The number of ether oxygens (including phenoxy) is 1. The molecule has 0 spiro atoms. The first-order chi connectivity index (χ1) is 9.90. The molecule has 1 aliphatic heterocycles.